The fourth-order valence-corrected chi connectivity index (χ4v) is 4.62. The summed E-state index contributed by atoms with van der Waals surface area (Å²) in [5.74, 6) is 2.34. The van der Waals surface area contributed by atoms with Crippen LogP contribution in [-0.2, 0) is 9.53 Å². The van der Waals surface area contributed by atoms with Crippen molar-refractivity contribution >= 4 is 11.6 Å². The molecule has 1 N–H and O–H groups in total. The second-order valence-electron chi connectivity index (χ2n) is 8.44. The predicted octanol–water partition coefficient (Wildman–Crippen LogP) is 3.94. The molecule has 1 saturated carbocycles. The van der Waals surface area contributed by atoms with E-state index in [2.05, 4.69) is 24.1 Å². The minimum absolute atomic E-state index is 0.0375. The van der Waals surface area contributed by atoms with Gasteiger partial charge in [-0.3, -0.25) is 9.69 Å². The van der Waals surface area contributed by atoms with Gasteiger partial charge in [-0.05, 0) is 68.2 Å². The normalized spacial score (nSPS) is 25.3. The molecule has 1 aromatic rings. The van der Waals surface area contributed by atoms with Crippen LogP contribution in [0.2, 0.25) is 0 Å². The third kappa shape index (κ3) is 5.23. The molecule has 150 valence electrons. The Bertz CT molecular complexity index is 600. The van der Waals surface area contributed by atoms with Crippen LogP contribution in [0.3, 0.4) is 0 Å². The van der Waals surface area contributed by atoms with Gasteiger partial charge in [0.2, 0.25) is 0 Å². The van der Waals surface area contributed by atoms with Crippen molar-refractivity contribution in [1.29, 1.82) is 0 Å². The van der Waals surface area contributed by atoms with Crippen LogP contribution in [0.1, 0.15) is 46.0 Å². The molecule has 27 heavy (non-hydrogen) atoms. The predicted molar refractivity (Wildman–Crippen MR) is 108 cm³/mol. The minimum Gasteiger partial charge on any atom is -0.492 e. The van der Waals surface area contributed by atoms with Gasteiger partial charge in [0.05, 0.1) is 0 Å². The molecule has 2 fully saturated rings. The number of benzene rings is 1. The quantitative estimate of drug-likeness (QED) is 0.785. The third-order valence-electron chi connectivity index (χ3n) is 5.95. The monoisotopic (exact) mass is 374 g/mol. The molecule has 1 heterocycles. The summed E-state index contributed by atoms with van der Waals surface area (Å²) in [5, 5.41) is 2.99. The largest absolute Gasteiger partial charge is 0.492 e. The van der Waals surface area contributed by atoms with Crippen LogP contribution >= 0.6 is 0 Å². The van der Waals surface area contributed by atoms with E-state index in [1.54, 1.807) is 7.11 Å². The number of piperidine rings is 1. The lowest BCUT2D eigenvalue weighted by molar-refractivity contribution is -0.136. The molecule has 0 unspecified atom stereocenters. The van der Waals surface area contributed by atoms with E-state index in [0.29, 0.717) is 6.61 Å². The van der Waals surface area contributed by atoms with Crippen LogP contribution in [0.25, 0.3) is 0 Å². The fourth-order valence-electron chi connectivity index (χ4n) is 4.62. The van der Waals surface area contributed by atoms with Crippen molar-refractivity contribution in [2.45, 2.75) is 51.6 Å². The van der Waals surface area contributed by atoms with Crippen LogP contribution in [0, 0.1) is 11.8 Å². The molecule has 1 aromatic carbocycles. The van der Waals surface area contributed by atoms with Gasteiger partial charge in [0.15, 0.2) is 0 Å². The van der Waals surface area contributed by atoms with Crippen LogP contribution in [0.15, 0.2) is 24.3 Å². The number of hydrogen-bond acceptors (Lipinski definition) is 4. The standard InChI is InChI=1S/C22H34N2O3/c1-17-14-18(2)16-24(15-17)12-13-27-20-8-6-19(7-9-20)23-21(25)22(26-3)10-4-5-11-22/h6-9,17-18H,4-5,10-16H2,1-3H3,(H,23,25)/t17-,18+. The van der Waals surface area contributed by atoms with E-state index in [9.17, 15) is 4.79 Å². The summed E-state index contributed by atoms with van der Waals surface area (Å²) in [6.07, 6.45) is 5.01. The average Bonchev–Trinajstić information content (AvgIpc) is 3.13. The highest BCUT2D eigenvalue weighted by Gasteiger charge is 2.41. The van der Waals surface area contributed by atoms with Crippen molar-refractivity contribution in [3.8, 4) is 5.75 Å². The molecule has 2 atom stereocenters. The summed E-state index contributed by atoms with van der Waals surface area (Å²) in [6, 6.07) is 7.64. The number of carbonyl (C=O) groups excluding carboxylic acids is 1. The highest BCUT2D eigenvalue weighted by molar-refractivity contribution is 5.97. The van der Waals surface area contributed by atoms with Crippen molar-refractivity contribution in [2.75, 3.05) is 38.7 Å². The van der Waals surface area contributed by atoms with Gasteiger partial charge in [-0.2, -0.15) is 0 Å². The zero-order chi connectivity index (χ0) is 19.3. The molecule has 0 aromatic heterocycles. The smallest absolute Gasteiger partial charge is 0.256 e. The summed E-state index contributed by atoms with van der Waals surface area (Å²) in [6.45, 7) is 8.65. The van der Waals surface area contributed by atoms with Crippen LogP contribution < -0.4 is 10.1 Å². The Morgan fingerprint density at radius 2 is 1.78 bits per heavy atom. The lowest BCUT2D eigenvalue weighted by Crippen LogP contribution is -2.42. The number of methoxy groups -OCH3 is 1. The number of nitrogens with one attached hydrogen (secondary N) is 1. The minimum atomic E-state index is -0.655. The van der Waals surface area contributed by atoms with Crippen molar-refractivity contribution in [3.63, 3.8) is 0 Å². The van der Waals surface area contributed by atoms with Gasteiger partial charge in [0.25, 0.3) is 5.91 Å². The second-order valence-corrected chi connectivity index (χ2v) is 8.44. The molecule has 3 rings (SSSR count). The number of carbonyl (C=O) groups is 1. The average molecular weight is 375 g/mol. The Labute approximate surface area is 163 Å². The van der Waals surface area contributed by atoms with Crippen molar-refractivity contribution in [1.82, 2.24) is 4.90 Å². The first-order valence-electron chi connectivity index (χ1n) is 10.3. The molecular formula is C22H34N2O3. The summed E-state index contributed by atoms with van der Waals surface area (Å²) in [7, 11) is 1.63. The molecule has 1 amide bonds. The molecule has 0 radical (unpaired) electrons. The number of rotatable bonds is 7. The van der Waals surface area contributed by atoms with E-state index >= 15 is 0 Å². The third-order valence-corrected chi connectivity index (χ3v) is 5.95. The highest BCUT2D eigenvalue weighted by atomic mass is 16.5. The van der Waals surface area contributed by atoms with Crippen LogP contribution in [-0.4, -0.2) is 49.8 Å². The maximum atomic E-state index is 12.6. The Balaban J connectivity index is 1.45. The van der Waals surface area contributed by atoms with Gasteiger partial charge >= 0.3 is 0 Å². The second kappa shape index (κ2) is 9.07. The number of nitrogens with zero attached hydrogens (tertiary/aromatic N) is 1. The summed E-state index contributed by atoms with van der Waals surface area (Å²) >= 11 is 0. The van der Waals surface area contributed by atoms with Gasteiger partial charge in [0, 0.05) is 32.4 Å². The van der Waals surface area contributed by atoms with E-state index in [4.69, 9.17) is 9.47 Å². The molecule has 1 aliphatic carbocycles. The number of amides is 1. The van der Waals surface area contributed by atoms with E-state index in [-0.39, 0.29) is 5.91 Å². The van der Waals surface area contributed by atoms with E-state index in [1.165, 1.54) is 19.5 Å². The topological polar surface area (TPSA) is 50.8 Å². The molecule has 2 aliphatic rings. The van der Waals surface area contributed by atoms with Crippen LogP contribution in [0.5, 0.6) is 5.75 Å². The number of likely N-dealkylation sites (tertiary alicyclic amines) is 1. The van der Waals surface area contributed by atoms with E-state index < -0.39 is 5.60 Å². The van der Waals surface area contributed by atoms with E-state index in [1.807, 2.05) is 24.3 Å². The molecular weight excluding hydrogens is 340 g/mol. The number of hydrogen-bond donors (Lipinski definition) is 1. The molecule has 0 spiro atoms. The van der Waals surface area contributed by atoms with Crippen molar-refractivity contribution in [3.05, 3.63) is 24.3 Å². The molecule has 1 aliphatic heterocycles. The van der Waals surface area contributed by atoms with Gasteiger partial charge < -0.3 is 14.8 Å². The van der Waals surface area contributed by atoms with Gasteiger partial charge in [0.1, 0.15) is 18.0 Å². The first-order chi connectivity index (χ1) is 13.0. The zero-order valence-corrected chi connectivity index (χ0v) is 17.0. The first-order valence-corrected chi connectivity index (χ1v) is 10.3. The van der Waals surface area contributed by atoms with E-state index in [0.717, 1.165) is 55.5 Å². The lowest BCUT2D eigenvalue weighted by atomic mass is 9.92. The Kier molecular flexibility index (Phi) is 6.77. The Morgan fingerprint density at radius 3 is 2.37 bits per heavy atom. The molecule has 5 nitrogen and oxygen atoms in total. The molecule has 1 saturated heterocycles. The number of ether oxygens (including phenoxy) is 2. The van der Waals surface area contributed by atoms with Gasteiger partial charge in [-0.15, -0.1) is 0 Å². The maximum Gasteiger partial charge on any atom is 0.256 e. The van der Waals surface area contributed by atoms with Gasteiger partial charge in [-0.1, -0.05) is 13.8 Å². The zero-order valence-electron chi connectivity index (χ0n) is 17.0. The maximum absolute atomic E-state index is 12.6. The summed E-state index contributed by atoms with van der Waals surface area (Å²) < 4.78 is 11.4. The number of anilines is 1. The van der Waals surface area contributed by atoms with Crippen molar-refractivity contribution in [2.24, 2.45) is 11.8 Å². The van der Waals surface area contributed by atoms with Crippen molar-refractivity contribution < 1.29 is 14.3 Å². The Hall–Kier alpha value is -1.59. The first kappa shape index (κ1) is 20.2. The van der Waals surface area contributed by atoms with Crippen LogP contribution in [0.4, 0.5) is 5.69 Å². The highest BCUT2D eigenvalue weighted by Crippen LogP contribution is 2.34. The molecule has 5 heteroatoms. The Morgan fingerprint density at radius 1 is 1.15 bits per heavy atom. The van der Waals surface area contributed by atoms with Gasteiger partial charge in [-0.25, -0.2) is 0 Å². The molecule has 0 bridgehead atoms. The summed E-state index contributed by atoms with van der Waals surface area (Å²) in [4.78, 5) is 15.1. The lowest BCUT2D eigenvalue weighted by Gasteiger charge is -2.34. The fraction of sp³-hybridized carbons (Fsp3) is 0.682. The SMILES string of the molecule is COC1(C(=O)Nc2ccc(OCCN3C[C@H](C)C[C@H](C)C3)cc2)CCCC1. The summed E-state index contributed by atoms with van der Waals surface area (Å²) in [5.41, 5.74) is 0.132.